The molecule has 11 heavy (non-hydrogen) atoms. The van der Waals surface area contributed by atoms with Crippen LogP contribution in [0.3, 0.4) is 0 Å². The summed E-state index contributed by atoms with van der Waals surface area (Å²) >= 11 is 0. The first-order valence-electron chi connectivity index (χ1n) is 3.40. The molecule has 0 atom stereocenters. The van der Waals surface area contributed by atoms with Gasteiger partial charge in [-0.25, -0.2) is 0 Å². The van der Waals surface area contributed by atoms with Crippen LogP contribution in [-0.2, 0) is 0 Å². The van der Waals surface area contributed by atoms with Gasteiger partial charge < -0.3 is 4.74 Å². The van der Waals surface area contributed by atoms with Crippen LogP contribution in [0.4, 0.5) is 0 Å². The number of ether oxygens (including phenoxy) is 1. The van der Waals surface area contributed by atoms with Crippen LogP contribution in [0.5, 0.6) is 5.75 Å². The molecule has 1 aromatic heterocycles. The van der Waals surface area contributed by atoms with E-state index in [-0.39, 0.29) is 0 Å². The molecule has 2 nitrogen and oxygen atoms in total. The molecular formula is C9H10NO. The standard InChI is InChI=1S/C9H10NO/c1-8(2)7-11-9-4-3-5-10-6-9/h4-7H,1-2H3. The molecule has 0 amide bonds. The Morgan fingerprint density at radius 3 is 3.00 bits per heavy atom. The third-order valence-electron chi connectivity index (χ3n) is 1.01. The SMILES string of the molecule is CC(C)=COc1c[c]cnc1. The van der Waals surface area contributed by atoms with Crippen LogP contribution in [0.25, 0.3) is 0 Å². The van der Waals surface area contributed by atoms with E-state index in [0.29, 0.717) is 5.75 Å². The van der Waals surface area contributed by atoms with E-state index < -0.39 is 0 Å². The van der Waals surface area contributed by atoms with Crippen LogP contribution in [0.1, 0.15) is 13.8 Å². The van der Waals surface area contributed by atoms with Gasteiger partial charge >= 0.3 is 0 Å². The molecule has 57 valence electrons. The van der Waals surface area contributed by atoms with Gasteiger partial charge in [-0.3, -0.25) is 4.98 Å². The van der Waals surface area contributed by atoms with Gasteiger partial charge in [-0.2, -0.15) is 0 Å². The maximum Gasteiger partial charge on any atom is 0.145 e. The zero-order chi connectivity index (χ0) is 8.10. The van der Waals surface area contributed by atoms with E-state index in [0.717, 1.165) is 5.57 Å². The minimum Gasteiger partial charge on any atom is -0.463 e. The average Bonchev–Trinajstić information content (AvgIpc) is 2.03. The van der Waals surface area contributed by atoms with E-state index in [4.69, 9.17) is 4.74 Å². The highest BCUT2D eigenvalue weighted by Crippen LogP contribution is 2.06. The fourth-order valence-corrected chi connectivity index (χ4v) is 0.561. The molecule has 0 N–H and O–H groups in total. The van der Waals surface area contributed by atoms with Crippen LogP contribution in [0.15, 0.2) is 30.3 Å². The minimum absolute atomic E-state index is 0.716. The lowest BCUT2D eigenvalue weighted by Crippen LogP contribution is -1.83. The summed E-state index contributed by atoms with van der Waals surface area (Å²) in [7, 11) is 0. The van der Waals surface area contributed by atoms with Gasteiger partial charge in [0.2, 0.25) is 0 Å². The summed E-state index contributed by atoms with van der Waals surface area (Å²) in [6.45, 7) is 3.94. The molecule has 0 bridgehead atoms. The zero-order valence-electron chi connectivity index (χ0n) is 6.66. The van der Waals surface area contributed by atoms with E-state index in [9.17, 15) is 0 Å². The first-order chi connectivity index (χ1) is 5.29. The third-order valence-corrected chi connectivity index (χ3v) is 1.01. The number of allylic oxidation sites excluding steroid dienone is 1. The Morgan fingerprint density at radius 2 is 2.45 bits per heavy atom. The molecule has 0 aliphatic heterocycles. The molecule has 1 radical (unpaired) electrons. The van der Waals surface area contributed by atoms with E-state index in [1.54, 1.807) is 24.7 Å². The fraction of sp³-hybridized carbons (Fsp3) is 0.222. The number of hydrogen-bond acceptors (Lipinski definition) is 2. The quantitative estimate of drug-likeness (QED) is 0.600. The number of rotatable bonds is 2. The Bertz CT molecular complexity index is 237. The summed E-state index contributed by atoms with van der Waals surface area (Å²) in [6, 6.07) is 4.56. The van der Waals surface area contributed by atoms with E-state index in [1.807, 2.05) is 13.8 Å². The highest BCUT2D eigenvalue weighted by molar-refractivity contribution is 5.16. The average molecular weight is 148 g/mol. The van der Waals surface area contributed by atoms with Crippen molar-refractivity contribution in [1.29, 1.82) is 0 Å². The van der Waals surface area contributed by atoms with Gasteiger partial charge in [0.1, 0.15) is 5.75 Å². The lowest BCUT2D eigenvalue weighted by atomic mass is 10.4. The Balaban J connectivity index is 2.59. The molecular weight excluding hydrogens is 138 g/mol. The van der Waals surface area contributed by atoms with Gasteiger partial charge in [-0.15, -0.1) is 0 Å². The molecule has 2 heteroatoms. The molecule has 0 fully saturated rings. The van der Waals surface area contributed by atoms with E-state index in [1.165, 1.54) is 0 Å². The highest BCUT2D eigenvalue weighted by Gasteiger charge is 1.86. The van der Waals surface area contributed by atoms with Crippen molar-refractivity contribution in [3.63, 3.8) is 0 Å². The van der Waals surface area contributed by atoms with Crippen molar-refractivity contribution in [2.45, 2.75) is 13.8 Å². The van der Waals surface area contributed by atoms with Crippen molar-refractivity contribution >= 4 is 0 Å². The molecule has 1 rings (SSSR count). The minimum atomic E-state index is 0.716. The van der Waals surface area contributed by atoms with E-state index in [2.05, 4.69) is 11.1 Å². The van der Waals surface area contributed by atoms with Crippen molar-refractivity contribution in [2.24, 2.45) is 0 Å². The smallest absolute Gasteiger partial charge is 0.145 e. The second-order valence-corrected chi connectivity index (χ2v) is 2.43. The molecule has 1 heterocycles. The number of aromatic nitrogens is 1. The monoisotopic (exact) mass is 148 g/mol. The Hall–Kier alpha value is -1.31. The largest absolute Gasteiger partial charge is 0.463 e. The van der Waals surface area contributed by atoms with Gasteiger partial charge in [0, 0.05) is 12.3 Å². The predicted molar refractivity (Wildman–Crippen MR) is 43.1 cm³/mol. The van der Waals surface area contributed by atoms with Crippen LogP contribution in [-0.4, -0.2) is 4.98 Å². The molecule has 0 aliphatic carbocycles. The number of nitrogens with zero attached hydrogens (tertiary/aromatic N) is 1. The Kier molecular flexibility index (Phi) is 2.66. The lowest BCUT2D eigenvalue weighted by Gasteiger charge is -1.97. The van der Waals surface area contributed by atoms with Crippen LogP contribution in [0, 0.1) is 6.07 Å². The van der Waals surface area contributed by atoms with Crippen molar-refractivity contribution in [2.75, 3.05) is 0 Å². The zero-order valence-corrected chi connectivity index (χ0v) is 6.66. The van der Waals surface area contributed by atoms with Crippen LogP contribution < -0.4 is 4.74 Å². The third kappa shape index (κ3) is 2.85. The topological polar surface area (TPSA) is 22.1 Å². The van der Waals surface area contributed by atoms with E-state index >= 15 is 0 Å². The Labute approximate surface area is 66.5 Å². The first kappa shape index (κ1) is 7.79. The predicted octanol–water partition coefficient (Wildman–Crippen LogP) is 2.18. The van der Waals surface area contributed by atoms with Gasteiger partial charge in [0.25, 0.3) is 0 Å². The van der Waals surface area contributed by atoms with Crippen molar-refractivity contribution in [1.82, 2.24) is 4.98 Å². The normalized spacial score (nSPS) is 8.91. The summed E-state index contributed by atoms with van der Waals surface area (Å²) in [5.41, 5.74) is 1.12. The molecule has 0 saturated carbocycles. The summed E-state index contributed by atoms with van der Waals surface area (Å²) < 4.78 is 5.21. The summed E-state index contributed by atoms with van der Waals surface area (Å²) in [6.07, 6.45) is 4.93. The second kappa shape index (κ2) is 3.76. The van der Waals surface area contributed by atoms with Crippen LogP contribution >= 0.6 is 0 Å². The van der Waals surface area contributed by atoms with Gasteiger partial charge in [-0.05, 0) is 25.5 Å². The second-order valence-electron chi connectivity index (χ2n) is 2.43. The highest BCUT2D eigenvalue weighted by atomic mass is 16.5. The molecule has 0 saturated heterocycles. The van der Waals surface area contributed by atoms with Gasteiger partial charge in [-0.1, -0.05) is 0 Å². The molecule has 1 aromatic rings. The molecule has 0 unspecified atom stereocenters. The van der Waals surface area contributed by atoms with Crippen molar-refractivity contribution in [3.8, 4) is 5.75 Å². The van der Waals surface area contributed by atoms with Gasteiger partial charge in [0.15, 0.2) is 0 Å². The number of pyridine rings is 1. The maximum atomic E-state index is 5.21. The molecule has 0 spiro atoms. The molecule has 0 aromatic carbocycles. The lowest BCUT2D eigenvalue weighted by molar-refractivity contribution is 0.473. The summed E-state index contributed by atoms with van der Waals surface area (Å²) in [5.74, 6) is 0.716. The van der Waals surface area contributed by atoms with Gasteiger partial charge in [0.05, 0.1) is 12.5 Å². The summed E-state index contributed by atoms with van der Waals surface area (Å²) in [5, 5.41) is 0. The Morgan fingerprint density at radius 1 is 1.64 bits per heavy atom. The maximum absolute atomic E-state index is 5.21. The molecule has 0 aliphatic rings. The first-order valence-corrected chi connectivity index (χ1v) is 3.40. The van der Waals surface area contributed by atoms with Crippen molar-refractivity contribution in [3.05, 3.63) is 36.4 Å². The fourth-order valence-electron chi connectivity index (χ4n) is 0.561. The van der Waals surface area contributed by atoms with Crippen molar-refractivity contribution < 1.29 is 4.74 Å². The number of hydrogen-bond donors (Lipinski definition) is 0. The van der Waals surface area contributed by atoms with Crippen LogP contribution in [0.2, 0.25) is 0 Å². The summed E-state index contributed by atoms with van der Waals surface area (Å²) in [4.78, 5) is 3.85.